The highest BCUT2D eigenvalue weighted by Crippen LogP contribution is 2.30. The normalized spacial score (nSPS) is 18.2. The number of anilines is 1. The second-order valence-corrected chi connectivity index (χ2v) is 4.22. The van der Waals surface area contributed by atoms with Gasteiger partial charge in [0.25, 0.3) is 0 Å². The second-order valence-electron chi connectivity index (χ2n) is 3.13. The maximum atomic E-state index is 5.58. The van der Waals surface area contributed by atoms with E-state index in [2.05, 4.69) is 10.3 Å². The summed E-state index contributed by atoms with van der Waals surface area (Å²) in [5, 5.41) is 4.04. The SMILES string of the molecule is Cl.Nc1ncc(C2CCNCC2)s1. The molecule has 0 radical (unpaired) electrons. The number of nitrogen functional groups attached to an aromatic ring is 1. The molecular weight excluding hydrogens is 206 g/mol. The van der Waals surface area contributed by atoms with Gasteiger partial charge in [0.2, 0.25) is 0 Å². The molecule has 74 valence electrons. The van der Waals surface area contributed by atoms with E-state index in [0.717, 1.165) is 13.1 Å². The van der Waals surface area contributed by atoms with E-state index in [0.29, 0.717) is 11.0 Å². The molecule has 3 N–H and O–H groups in total. The number of nitrogens with one attached hydrogen (secondary N) is 1. The minimum atomic E-state index is 0. The molecule has 0 spiro atoms. The highest BCUT2D eigenvalue weighted by molar-refractivity contribution is 7.15. The van der Waals surface area contributed by atoms with Crippen molar-refractivity contribution in [2.75, 3.05) is 18.8 Å². The Morgan fingerprint density at radius 2 is 2.15 bits per heavy atom. The van der Waals surface area contributed by atoms with Crippen LogP contribution in [0.25, 0.3) is 0 Å². The van der Waals surface area contributed by atoms with Crippen LogP contribution in [-0.4, -0.2) is 18.1 Å². The zero-order valence-electron chi connectivity index (χ0n) is 7.32. The van der Waals surface area contributed by atoms with Crippen LogP contribution in [0, 0.1) is 0 Å². The lowest BCUT2D eigenvalue weighted by Gasteiger charge is -2.20. The van der Waals surface area contributed by atoms with Crippen molar-refractivity contribution in [3.63, 3.8) is 0 Å². The first kappa shape index (κ1) is 10.8. The molecule has 1 aliphatic heterocycles. The first-order valence-corrected chi connectivity index (χ1v) is 5.10. The van der Waals surface area contributed by atoms with Gasteiger partial charge in [-0.1, -0.05) is 0 Å². The van der Waals surface area contributed by atoms with Crippen molar-refractivity contribution in [3.05, 3.63) is 11.1 Å². The van der Waals surface area contributed by atoms with E-state index in [4.69, 9.17) is 5.73 Å². The van der Waals surface area contributed by atoms with E-state index in [1.807, 2.05) is 6.20 Å². The smallest absolute Gasteiger partial charge is 0.180 e. The van der Waals surface area contributed by atoms with Gasteiger partial charge in [0, 0.05) is 11.1 Å². The van der Waals surface area contributed by atoms with Crippen LogP contribution in [0.4, 0.5) is 5.13 Å². The van der Waals surface area contributed by atoms with Crippen LogP contribution in [-0.2, 0) is 0 Å². The van der Waals surface area contributed by atoms with Gasteiger partial charge in [-0.2, -0.15) is 0 Å². The van der Waals surface area contributed by atoms with Gasteiger partial charge in [0.15, 0.2) is 5.13 Å². The molecule has 1 fully saturated rings. The first-order chi connectivity index (χ1) is 5.86. The molecule has 0 atom stereocenters. The van der Waals surface area contributed by atoms with Crippen LogP contribution in [0.15, 0.2) is 6.20 Å². The van der Waals surface area contributed by atoms with Crippen molar-refractivity contribution in [2.45, 2.75) is 18.8 Å². The molecule has 1 saturated heterocycles. The van der Waals surface area contributed by atoms with Crippen LogP contribution in [0.5, 0.6) is 0 Å². The topological polar surface area (TPSA) is 50.9 Å². The Hall–Kier alpha value is -0.320. The molecule has 2 heterocycles. The van der Waals surface area contributed by atoms with Gasteiger partial charge >= 0.3 is 0 Å². The van der Waals surface area contributed by atoms with E-state index in [1.165, 1.54) is 17.7 Å². The summed E-state index contributed by atoms with van der Waals surface area (Å²) in [7, 11) is 0. The average Bonchev–Trinajstić information content (AvgIpc) is 2.54. The van der Waals surface area contributed by atoms with E-state index in [-0.39, 0.29) is 12.4 Å². The predicted octanol–water partition coefficient (Wildman–Crippen LogP) is 1.61. The first-order valence-electron chi connectivity index (χ1n) is 4.28. The molecule has 1 aliphatic rings. The average molecular weight is 220 g/mol. The molecule has 1 aromatic heterocycles. The lowest BCUT2D eigenvalue weighted by molar-refractivity contribution is 0.465. The minimum absolute atomic E-state index is 0. The Balaban J connectivity index is 0.000000845. The van der Waals surface area contributed by atoms with E-state index >= 15 is 0 Å². The molecule has 0 saturated carbocycles. The summed E-state index contributed by atoms with van der Waals surface area (Å²) in [6.07, 6.45) is 4.37. The van der Waals surface area contributed by atoms with Crippen molar-refractivity contribution in [1.82, 2.24) is 10.3 Å². The number of piperidine rings is 1. The molecule has 0 bridgehead atoms. The summed E-state index contributed by atoms with van der Waals surface area (Å²) in [6, 6.07) is 0. The lowest BCUT2D eigenvalue weighted by atomic mass is 9.97. The molecule has 3 nitrogen and oxygen atoms in total. The number of halogens is 1. The van der Waals surface area contributed by atoms with Crippen molar-refractivity contribution < 1.29 is 0 Å². The van der Waals surface area contributed by atoms with E-state index in [9.17, 15) is 0 Å². The maximum absolute atomic E-state index is 5.58. The van der Waals surface area contributed by atoms with E-state index < -0.39 is 0 Å². The molecule has 0 aliphatic carbocycles. The molecule has 0 unspecified atom stereocenters. The Kier molecular flexibility index (Phi) is 3.96. The number of hydrogen-bond donors (Lipinski definition) is 2. The summed E-state index contributed by atoms with van der Waals surface area (Å²) in [4.78, 5) is 5.42. The number of nitrogens with two attached hydrogens (primary N) is 1. The van der Waals surface area contributed by atoms with Gasteiger partial charge in [0.05, 0.1) is 0 Å². The number of nitrogens with zero attached hydrogens (tertiary/aromatic N) is 1. The van der Waals surface area contributed by atoms with Gasteiger partial charge in [-0.3, -0.25) is 0 Å². The third-order valence-electron chi connectivity index (χ3n) is 2.28. The summed E-state index contributed by atoms with van der Waals surface area (Å²) in [5.41, 5.74) is 5.58. The molecule has 2 rings (SSSR count). The molecule has 13 heavy (non-hydrogen) atoms. The summed E-state index contributed by atoms with van der Waals surface area (Å²) in [6.45, 7) is 2.25. The van der Waals surface area contributed by atoms with Crippen molar-refractivity contribution in [2.24, 2.45) is 0 Å². The summed E-state index contributed by atoms with van der Waals surface area (Å²) < 4.78 is 0. The van der Waals surface area contributed by atoms with Crippen molar-refractivity contribution in [1.29, 1.82) is 0 Å². The Bertz CT molecular complexity index is 258. The van der Waals surface area contributed by atoms with Crippen LogP contribution in [0.2, 0.25) is 0 Å². The fourth-order valence-corrected chi connectivity index (χ4v) is 2.45. The second kappa shape index (κ2) is 4.79. The predicted molar refractivity (Wildman–Crippen MR) is 58.6 cm³/mol. The molecule has 0 amide bonds. The maximum Gasteiger partial charge on any atom is 0.180 e. The Morgan fingerprint density at radius 1 is 1.46 bits per heavy atom. The monoisotopic (exact) mass is 219 g/mol. The molecule has 5 heteroatoms. The van der Waals surface area contributed by atoms with Crippen LogP contribution >= 0.6 is 23.7 Å². The fraction of sp³-hybridized carbons (Fsp3) is 0.625. The van der Waals surface area contributed by atoms with E-state index in [1.54, 1.807) is 11.3 Å². The number of aromatic nitrogens is 1. The standard InChI is InChI=1S/C8H13N3S.ClH/c9-8-11-5-7(12-8)6-1-3-10-4-2-6;/h5-6,10H,1-4H2,(H2,9,11);1H. The fourth-order valence-electron chi connectivity index (χ4n) is 1.60. The Morgan fingerprint density at radius 3 is 2.69 bits per heavy atom. The van der Waals surface area contributed by atoms with Gasteiger partial charge in [-0.05, 0) is 31.8 Å². The third kappa shape index (κ3) is 2.56. The van der Waals surface area contributed by atoms with Crippen molar-refractivity contribution >= 4 is 28.9 Å². The van der Waals surface area contributed by atoms with Gasteiger partial charge < -0.3 is 11.1 Å². The molecule has 1 aromatic rings. The van der Waals surface area contributed by atoms with Crippen LogP contribution < -0.4 is 11.1 Å². The van der Waals surface area contributed by atoms with Crippen LogP contribution in [0.3, 0.4) is 0 Å². The minimum Gasteiger partial charge on any atom is -0.375 e. The number of hydrogen-bond acceptors (Lipinski definition) is 4. The molecule has 0 aromatic carbocycles. The van der Waals surface area contributed by atoms with Gasteiger partial charge in [0.1, 0.15) is 0 Å². The Labute approximate surface area is 88.2 Å². The highest BCUT2D eigenvalue weighted by atomic mass is 35.5. The lowest BCUT2D eigenvalue weighted by Crippen LogP contribution is -2.26. The summed E-state index contributed by atoms with van der Waals surface area (Å²) >= 11 is 1.63. The summed E-state index contributed by atoms with van der Waals surface area (Å²) in [5.74, 6) is 0.695. The highest BCUT2D eigenvalue weighted by Gasteiger charge is 2.16. The zero-order valence-corrected chi connectivity index (χ0v) is 8.96. The van der Waals surface area contributed by atoms with Crippen LogP contribution in [0.1, 0.15) is 23.6 Å². The number of thiazole rings is 1. The van der Waals surface area contributed by atoms with Gasteiger partial charge in [-0.15, -0.1) is 23.7 Å². The third-order valence-corrected chi connectivity index (χ3v) is 3.27. The molecular formula is C8H14ClN3S. The van der Waals surface area contributed by atoms with Gasteiger partial charge in [-0.25, -0.2) is 4.98 Å². The largest absolute Gasteiger partial charge is 0.375 e. The quantitative estimate of drug-likeness (QED) is 0.755. The number of rotatable bonds is 1. The van der Waals surface area contributed by atoms with Crippen molar-refractivity contribution in [3.8, 4) is 0 Å². The zero-order chi connectivity index (χ0) is 8.39.